The predicted molar refractivity (Wildman–Crippen MR) is 113 cm³/mol. The van der Waals surface area contributed by atoms with Crippen LogP contribution in [0.3, 0.4) is 0 Å². The van der Waals surface area contributed by atoms with Crippen LogP contribution in [0.25, 0.3) is 0 Å². The third-order valence-corrected chi connectivity index (χ3v) is 5.66. The van der Waals surface area contributed by atoms with E-state index in [1.165, 1.54) is 5.56 Å². The Morgan fingerprint density at radius 2 is 2.00 bits per heavy atom. The molecule has 1 aromatic heterocycles. The van der Waals surface area contributed by atoms with E-state index in [1.54, 1.807) is 24.5 Å². The van der Waals surface area contributed by atoms with Crippen LogP contribution >= 0.6 is 0 Å². The van der Waals surface area contributed by atoms with Gasteiger partial charge < -0.3 is 10.6 Å². The SMILES string of the molecule is CCc1ccc(C2C(C(=O)Nc3cccnc3)=C(C)NC3=C2C(=O)CCC3)cc1. The fourth-order valence-electron chi connectivity index (χ4n) is 4.20. The summed E-state index contributed by atoms with van der Waals surface area (Å²) in [5.74, 6) is -0.443. The van der Waals surface area contributed by atoms with Crippen molar-refractivity contribution in [2.75, 3.05) is 5.32 Å². The van der Waals surface area contributed by atoms with Gasteiger partial charge in [-0.25, -0.2) is 0 Å². The second-order valence-electron chi connectivity index (χ2n) is 7.56. The van der Waals surface area contributed by atoms with Gasteiger partial charge in [-0.05, 0) is 49.4 Å². The van der Waals surface area contributed by atoms with E-state index in [0.717, 1.165) is 41.8 Å². The quantitative estimate of drug-likeness (QED) is 0.823. The molecule has 0 radical (unpaired) electrons. The van der Waals surface area contributed by atoms with Gasteiger partial charge in [-0.3, -0.25) is 14.6 Å². The molecule has 2 heterocycles. The maximum Gasteiger partial charge on any atom is 0.254 e. The lowest BCUT2D eigenvalue weighted by Crippen LogP contribution is -2.35. The van der Waals surface area contributed by atoms with Gasteiger partial charge in [0.05, 0.1) is 11.9 Å². The molecule has 0 bridgehead atoms. The molecule has 2 aromatic rings. The van der Waals surface area contributed by atoms with Crippen LogP contribution in [0.5, 0.6) is 0 Å². The number of carbonyl (C=O) groups excluding carboxylic acids is 2. The summed E-state index contributed by atoms with van der Waals surface area (Å²) in [4.78, 5) is 30.3. The maximum atomic E-state index is 13.3. The fraction of sp³-hybridized carbons (Fsp3) is 0.292. The third kappa shape index (κ3) is 3.73. The van der Waals surface area contributed by atoms with E-state index in [0.29, 0.717) is 17.7 Å². The van der Waals surface area contributed by atoms with Crippen molar-refractivity contribution < 1.29 is 9.59 Å². The van der Waals surface area contributed by atoms with Crippen molar-refractivity contribution in [3.8, 4) is 0 Å². The number of aryl methyl sites for hydroxylation is 1. The largest absolute Gasteiger partial charge is 0.362 e. The first-order valence-electron chi connectivity index (χ1n) is 10.1. The summed E-state index contributed by atoms with van der Waals surface area (Å²) >= 11 is 0. The average Bonchev–Trinajstić information content (AvgIpc) is 2.73. The molecule has 5 nitrogen and oxygen atoms in total. The van der Waals surface area contributed by atoms with Crippen LogP contribution in [-0.4, -0.2) is 16.7 Å². The normalized spacial score (nSPS) is 19.0. The Hall–Kier alpha value is -3.21. The number of aromatic nitrogens is 1. The van der Waals surface area contributed by atoms with E-state index >= 15 is 0 Å². The minimum atomic E-state index is -0.360. The minimum absolute atomic E-state index is 0.127. The van der Waals surface area contributed by atoms with E-state index in [1.807, 2.05) is 19.1 Å². The zero-order valence-electron chi connectivity index (χ0n) is 16.8. The Bertz CT molecular complexity index is 1000. The molecule has 2 aliphatic rings. The monoisotopic (exact) mass is 387 g/mol. The molecule has 29 heavy (non-hydrogen) atoms. The van der Waals surface area contributed by atoms with Crippen LogP contribution in [0.1, 0.15) is 50.2 Å². The number of benzene rings is 1. The lowest BCUT2D eigenvalue weighted by atomic mass is 9.75. The molecule has 1 unspecified atom stereocenters. The number of pyridine rings is 1. The van der Waals surface area contributed by atoms with Crippen LogP contribution in [-0.2, 0) is 16.0 Å². The van der Waals surface area contributed by atoms with E-state index < -0.39 is 0 Å². The van der Waals surface area contributed by atoms with Crippen molar-refractivity contribution in [1.29, 1.82) is 0 Å². The number of Topliss-reactive ketones (excluding diaryl/α,β-unsaturated/α-hetero) is 1. The molecule has 1 atom stereocenters. The Morgan fingerprint density at radius 3 is 2.69 bits per heavy atom. The molecule has 0 saturated heterocycles. The smallest absolute Gasteiger partial charge is 0.254 e. The number of carbonyl (C=O) groups is 2. The summed E-state index contributed by atoms with van der Waals surface area (Å²) in [6, 6.07) is 11.8. The Balaban J connectivity index is 1.78. The molecule has 1 aliphatic carbocycles. The molecule has 0 saturated carbocycles. The Kier molecular flexibility index (Phi) is 5.30. The van der Waals surface area contributed by atoms with Gasteiger partial charge in [0.25, 0.3) is 5.91 Å². The summed E-state index contributed by atoms with van der Waals surface area (Å²) in [5.41, 5.74) is 5.92. The van der Waals surface area contributed by atoms with Crippen LogP contribution in [0.4, 0.5) is 5.69 Å². The van der Waals surface area contributed by atoms with Crippen molar-refractivity contribution in [3.63, 3.8) is 0 Å². The number of hydrogen-bond acceptors (Lipinski definition) is 4. The van der Waals surface area contributed by atoms with Crippen LogP contribution < -0.4 is 10.6 Å². The number of amides is 1. The highest BCUT2D eigenvalue weighted by atomic mass is 16.2. The number of ketones is 1. The van der Waals surface area contributed by atoms with E-state index in [4.69, 9.17) is 0 Å². The van der Waals surface area contributed by atoms with Gasteiger partial charge in [0, 0.05) is 41.1 Å². The summed E-state index contributed by atoms with van der Waals surface area (Å²) in [5, 5.41) is 6.29. The molecule has 1 aliphatic heterocycles. The topological polar surface area (TPSA) is 71.1 Å². The van der Waals surface area contributed by atoms with Gasteiger partial charge in [0.2, 0.25) is 0 Å². The van der Waals surface area contributed by atoms with Crippen LogP contribution in [0.15, 0.2) is 71.3 Å². The van der Waals surface area contributed by atoms with E-state index in [9.17, 15) is 9.59 Å². The molecule has 5 heteroatoms. The van der Waals surface area contributed by atoms with Gasteiger partial charge >= 0.3 is 0 Å². The first kappa shape index (κ1) is 19.1. The lowest BCUT2D eigenvalue weighted by Gasteiger charge is -2.34. The number of nitrogens with one attached hydrogen (secondary N) is 2. The van der Waals surface area contributed by atoms with Gasteiger partial charge in [0.15, 0.2) is 5.78 Å². The summed E-state index contributed by atoms with van der Waals surface area (Å²) in [6.45, 7) is 4.02. The highest BCUT2D eigenvalue weighted by Gasteiger charge is 2.38. The first-order valence-corrected chi connectivity index (χ1v) is 10.1. The van der Waals surface area contributed by atoms with E-state index in [-0.39, 0.29) is 17.6 Å². The predicted octanol–water partition coefficient (Wildman–Crippen LogP) is 4.25. The zero-order chi connectivity index (χ0) is 20.4. The maximum absolute atomic E-state index is 13.3. The molecule has 2 N–H and O–H groups in total. The first-order chi connectivity index (χ1) is 14.1. The zero-order valence-corrected chi connectivity index (χ0v) is 16.8. The summed E-state index contributed by atoms with van der Waals surface area (Å²) in [6.07, 6.45) is 6.43. The van der Waals surface area contributed by atoms with Gasteiger partial charge in [-0.15, -0.1) is 0 Å². The molecular formula is C24H25N3O2. The van der Waals surface area contributed by atoms with Crippen LogP contribution in [0, 0.1) is 0 Å². The van der Waals surface area contributed by atoms with Crippen molar-refractivity contribution in [1.82, 2.24) is 10.3 Å². The van der Waals surface area contributed by atoms with Crippen molar-refractivity contribution in [2.24, 2.45) is 0 Å². The average molecular weight is 387 g/mol. The molecule has 4 rings (SSSR count). The summed E-state index contributed by atoms with van der Waals surface area (Å²) in [7, 11) is 0. The second-order valence-corrected chi connectivity index (χ2v) is 7.56. The lowest BCUT2D eigenvalue weighted by molar-refractivity contribution is -0.116. The number of rotatable bonds is 4. The van der Waals surface area contributed by atoms with Crippen molar-refractivity contribution in [3.05, 3.63) is 82.5 Å². The second kappa shape index (κ2) is 8.03. The molecule has 1 aromatic carbocycles. The number of allylic oxidation sites excluding steroid dienone is 3. The van der Waals surface area contributed by atoms with Gasteiger partial charge in [-0.2, -0.15) is 0 Å². The minimum Gasteiger partial charge on any atom is -0.362 e. The molecular weight excluding hydrogens is 362 g/mol. The number of hydrogen-bond donors (Lipinski definition) is 2. The Morgan fingerprint density at radius 1 is 1.21 bits per heavy atom. The van der Waals surface area contributed by atoms with Gasteiger partial charge in [-0.1, -0.05) is 31.2 Å². The molecule has 0 fully saturated rings. The van der Waals surface area contributed by atoms with Gasteiger partial charge in [0.1, 0.15) is 0 Å². The summed E-state index contributed by atoms with van der Waals surface area (Å²) < 4.78 is 0. The van der Waals surface area contributed by atoms with Crippen molar-refractivity contribution in [2.45, 2.75) is 45.4 Å². The van der Waals surface area contributed by atoms with Crippen LogP contribution in [0.2, 0.25) is 0 Å². The Labute approximate surface area is 170 Å². The number of nitrogens with zero attached hydrogens (tertiary/aromatic N) is 1. The van der Waals surface area contributed by atoms with E-state index in [2.05, 4.69) is 34.7 Å². The molecule has 1 amide bonds. The third-order valence-electron chi connectivity index (χ3n) is 5.66. The molecule has 148 valence electrons. The molecule has 0 spiro atoms. The highest BCUT2D eigenvalue weighted by molar-refractivity contribution is 6.09. The standard InChI is InChI=1S/C24H25N3O2/c1-3-16-9-11-17(12-10-16)22-21(24(29)27-18-6-5-13-25-14-18)15(2)26-19-7-4-8-20(28)23(19)22/h5-6,9-14,22,26H,3-4,7-8H2,1-2H3,(H,27,29). The highest BCUT2D eigenvalue weighted by Crippen LogP contribution is 2.42. The van der Waals surface area contributed by atoms with Crippen molar-refractivity contribution >= 4 is 17.4 Å². The fourth-order valence-corrected chi connectivity index (χ4v) is 4.20. The number of dihydropyridines is 1. The number of anilines is 1.